The Kier molecular flexibility index (Phi) is 6.76. The number of ether oxygens (including phenoxy) is 1. The Hall–Kier alpha value is -2.46. The maximum absolute atomic E-state index is 13.1. The molecule has 180 valence electrons. The van der Waals surface area contributed by atoms with E-state index in [1.807, 2.05) is 0 Å². The number of nitrogens with zero attached hydrogens (tertiary/aromatic N) is 2. The van der Waals surface area contributed by atoms with Gasteiger partial charge in [0.25, 0.3) is 0 Å². The molecule has 10 heteroatoms. The van der Waals surface area contributed by atoms with Gasteiger partial charge in [-0.15, -0.1) is 0 Å². The number of sulfonamides is 1. The van der Waals surface area contributed by atoms with Gasteiger partial charge in [-0.25, -0.2) is 8.42 Å². The summed E-state index contributed by atoms with van der Waals surface area (Å²) in [5, 5.41) is 2.66. The Morgan fingerprint density at radius 3 is 2.45 bits per heavy atom. The molecule has 1 aliphatic carbocycles. The van der Waals surface area contributed by atoms with Crippen LogP contribution in [0.2, 0.25) is 0 Å². The van der Waals surface area contributed by atoms with E-state index in [1.54, 1.807) is 6.92 Å². The second-order valence-electron chi connectivity index (χ2n) is 9.05. The van der Waals surface area contributed by atoms with E-state index in [0.29, 0.717) is 38.3 Å². The SMILES string of the molecule is CCOc1ccc(S(=O)(=O)N2CCCCC2)cc1NC(=O)CN1C(=O)CC2(CCCC2)C1=O. The third kappa shape index (κ3) is 4.63. The molecule has 3 amide bonds. The highest BCUT2D eigenvalue weighted by Crippen LogP contribution is 2.46. The van der Waals surface area contributed by atoms with E-state index >= 15 is 0 Å². The van der Waals surface area contributed by atoms with E-state index in [1.165, 1.54) is 22.5 Å². The maximum Gasteiger partial charge on any atom is 0.244 e. The van der Waals surface area contributed by atoms with Gasteiger partial charge in [-0.3, -0.25) is 19.3 Å². The van der Waals surface area contributed by atoms with Crippen LogP contribution in [0.4, 0.5) is 5.69 Å². The number of imide groups is 1. The molecule has 1 aromatic rings. The number of amides is 3. The Morgan fingerprint density at radius 2 is 1.79 bits per heavy atom. The van der Waals surface area contributed by atoms with Gasteiger partial charge in [-0.1, -0.05) is 19.3 Å². The molecule has 0 radical (unpaired) electrons. The van der Waals surface area contributed by atoms with Crippen molar-refractivity contribution in [2.75, 3.05) is 31.6 Å². The lowest BCUT2D eigenvalue weighted by atomic mass is 9.84. The van der Waals surface area contributed by atoms with Gasteiger partial charge in [0, 0.05) is 19.5 Å². The van der Waals surface area contributed by atoms with E-state index in [0.717, 1.165) is 37.0 Å². The summed E-state index contributed by atoms with van der Waals surface area (Å²) in [4.78, 5) is 39.3. The van der Waals surface area contributed by atoms with Crippen molar-refractivity contribution >= 4 is 33.4 Å². The van der Waals surface area contributed by atoms with Gasteiger partial charge in [0.1, 0.15) is 12.3 Å². The number of nitrogens with one attached hydrogen (secondary N) is 1. The van der Waals surface area contributed by atoms with Crippen LogP contribution < -0.4 is 10.1 Å². The Balaban J connectivity index is 1.52. The zero-order valence-electron chi connectivity index (χ0n) is 19.0. The van der Waals surface area contributed by atoms with Gasteiger partial charge in [-0.05, 0) is 50.8 Å². The molecular formula is C23H31N3O6S. The summed E-state index contributed by atoms with van der Waals surface area (Å²) in [7, 11) is -3.70. The van der Waals surface area contributed by atoms with Crippen molar-refractivity contribution in [3.05, 3.63) is 18.2 Å². The third-order valence-corrected chi connectivity index (χ3v) is 8.72. The minimum atomic E-state index is -3.70. The van der Waals surface area contributed by atoms with Crippen LogP contribution in [0.3, 0.4) is 0 Å². The first-order valence-corrected chi connectivity index (χ1v) is 13.1. The molecule has 3 aliphatic rings. The van der Waals surface area contributed by atoms with Gasteiger partial charge >= 0.3 is 0 Å². The number of hydrogen-bond acceptors (Lipinski definition) is 6. The van der Waals surface area contributed by atoms with Crippen molar-refractivity contribution in [1.29, 1.82) is 0 Å². The van der Waals surface area contributed by atoms with E-state index < -0.39 is 27.9 Å². The van der Waals surface area contributed by atoms with Crippen LogP contribution in [-0.2, 0) is 24.4 Å². The van der Waals surface area contributed by atoms with Crippen LogP contribution in [0, 0.1) is 5.41 Å². The van der Waals surface area contributed by atoms with Crippen molar-refractivity contribution in [2.24, 2.45) is 5.41 Å². The first-order chi connectivity index (χ1) is 15.8. The maximum atomic E-state index is 13.1. The van der Waals surface area contributed by atoms with Crippen LogP contribution in [0.5, 0.6) is 5.75 Å². The number of benzene rings is 1. The summed E-state index contributed by atoms with van der Waals surface area (Å²) >= 11 is 0. The fraction of sp³-hybridized carbons (Fsp3) is 0.609. The molecule has 1 saturated carbocycles. The van der Waals surface area contributed by atoms with Crippen molar-refractivity contribution in [3.8, 4) is 5.75 Å². The number of likely N-dealkylation sites (tertiary alicyclic amines) is 1. The number of carbonyl (C=O) groups is 3. The molecule has 0 atom stereocenters. The summed E-state index contributed by atoms with van der Waals surface area (Å²) in [5.41, 5.74) is -0.439. The minimum absolute atomic E-state index is 0.0707. The average molecular weight is 478 g/mol. The molecule has 1 aromatic carbocycles. The van der Waals surface area contributed by atoms with Gasteiger partial charge in [-0.2, -0.15) is 4.31 Å². The largest absolute Gasteiger partial charge is 0.492 e. The Labute approximate surface area is 194 Å². The molecule has 0 bridgehead atoms. The smallest absolute Gasteiger partial charge is 0.244 e. The molecule has 2 heterocycles. The first kappa shape index (κ1) is 23.7. The van der Waals surface area contributed by atoms with Crippen molar-refractivity contribution in [2.45, 2.75) is 63.2 Å². The van der Waals surface area contributed by atoms with Crippen LogP contribution >= 0.6 is 0 Å². The number of carbonyl (C=O) groups excluding carboxylic acids is 3. The molecule has 2 aliphatic heterocycles. The summed E-state index contributed by atoms with van der Waals surface area (Å²) in [6.45, 7) is 2.66. The van der Waals surface area contributed by atoms with Gasteiger partial charge in [0.05, 0.1) is 22.6 Å². The van der Waals surface area contributed by atoms with Crippen molar-refractivity contribution in [1.82, 2.24) is 9.21 Å². The number of rotatable bonds is 7. The predicted octanol–water partition coefficient (Wildman–Crippen LogP) is 2.52. The van der Waals surface area contributed by atoms with Gasteiger partial charge < -0.3 is 10.1 Å². The number of piperidine rings is 1. The fourth-order valence-corrected chi connectivity index (χ4v) is 6.64. The highest BCUT2D eigenvalue weighted by Gasteiger charge is 2.52. The van der Waals surface area contributed by atoms with E-state index in [9.17, 15) is 22.8 Å². The van der Waals surface area contributed by atoms with Crippen LogP contribution in [0.15, 0.2) is 23.1 Å². The Bertz CT molecular complexity index is 1040. The molecule has 4 rings (SSSR count). The summed E-state index contributed by atoms with van der Waals surface area (Å²) in [6.07, 6.45) is 5.99. The molecule has 2 saturated heterocycles. The standard InChI is InChI=1S/C23H31N3O6S/c1-2-32-19-9-8-17(33(30,31)25-12-6-3-7-13-25)14-18(19)24-20(27)16-26-21(28)15-23(22(26)29)10-4-5-11-23/h8-9,14H,2-7,10-13,15-16H2,1H3,(H,24,27). The summed E-state index contributed by atoms with van der Waals surface area (Å²) in [5.74, 6) is -0.842. The lowest BCUT2D eigenvalue weighted by Gasteiger charge is -2.26. The lowest BCUT2D eigenvalue weighted by Crippen LogP contribution is -2.40. The second-order valence-corrected chi connectivity index (χ2v) is 11.0. The van der Waals surface area contributed by atoms with E-state index in [2.05, 4.69) is 5.32 Å². The van der Waals surface area contributed by atoms with Gasteiger partial charge in [0.2, 0.25) is 27.7 Å². The van der Waals surface area contributed by atoms with Crippen molar-refractivity contribution < 1.29 is 27.5 Å². The minimum Gasteiger partial charge on any atom is -0.492 e. The van der Waals surface area contributed by atoms with E-state index in [-0.39, 0.29) is 28.8 Å². The van der Waals surface area contributed by atoms with Crippen molar-refractivity contribution in [3.63, 3.8) is 0 Å². The van der Waals surface area contributed by atoms with Gasteiger partial charge in [0.15, 0.2) is 0 Å². The molecule has 33 heavy (non-hydrogen) atoms. The molecule has 1 spiro atoms. The summed E-state index contributed by atoms with van der Waals surface area (Å²) < 4.78 is 33.2. The first-order valence-electron chi connectivity index (χ1n) is 11.7. The highest BCUT2D eigenvalue weighted by molar-refractivity contribution is 7.89. The fourth-order valence-electron chi connectivity index (χ4n) is 5.10. The van der Waals surface area contributed by atoms with E-state index in [4.69, 9.17) is 4.74 Å². The lowest BCUT2D eigenvalue weighted by molar-refractivity contribution is -0.143. The van der Waals surface area contributed by atoms with Crippen LogP contribution in [-0.4, -0.2) is 61.6 Å². The highest BCUT2D eigenvalue weighted by atomic mass is 32.2. The third-order valence-electron chi connectivity index (χ3n) is 6.83. The quantitative estimate of drug-likeness (QED) is 0.604. The normalized spacial score (nSPS) is 21.1. The predicted molar refractivity (Wildman–Crippen MR) is 121 cm³/mol. The second kappa shape index (κ2) is 9.42. The zero-order chi connectivity index (χ0) is 23.6. The number of anilines is 1. The molecule has 0 unspecified atom stereocenters. The average Bonchev–Trinajstić information content (AvgIpc) is 3.36. The molecule has 3 fully saturated rings. The molecule has 1 N–H and O–H groups in total. The topological polar surface area (TPSA) is 113 Å². The zero-order valence-corrected chi connectivity index (χ0v) is 19.8. The molecular weight excluding hydrogens is 446 g/mol. The van der Waals surface area contributed by atoms with Crippen LogP contribution in [0.25, 0.3) is 0 Å². The van der Waals surface area contributed by atoms with Crippen LogP contribution in [0.1, 0.15) is 58.3 Å². The monoisotopic (exact) mass is 477 g/mol. The molecule has 9 nitrogen and oxygen atoms in total. The molecule has 0 aromatic heterocycles. The number of hydrogen-bond donors (Lipinski definition) is 1. The summed E-state index contributed by atoms with van der Waals surface area (Å²) in [6, 6.07) is 4.39. The Morgan fingerprint density at radius 1 is 1.09 bits per heavy atom.